The van der Waals surface area contributed by atoms with E-state index in [0.29, 0.717) is 41.0 Å². The summed E-state index contributed by atoms with van der Waals surface area (Å²) in [6.07, 6.45) is 5.11. The molecule has 0 aromatic heterocycles. The maximum Gasteiger partial charge on any atom is 0.255 e. The number of hydrogen-bond acceptors (Lipinski definition) is 4. The summed E-state index contributed by atoms with van der Waals surface area (Å²) in [7, 11) is -3.63. The molecule has 0 bridgehead atoms. The molecule has 8 heteroatoms. The van der Waals surface area contributed by atoms with Crippen LogP contribution in [0.15, 0.2) is 82.2 Å². The Labute approximate surface area is 216 Å². The molecule has 1 amide bonds. The first-order valence-corrected chi connectivity index (χ1v) is 14.0. The average molecular weight is 560 g/mol. The number of ether oxygens (including phenoxy) is 1. The van der Waals surface area contributed by atoms with E-state index in [9.17, 15) is 13.2 Å². The Hall–Kier alpha value is -2.68. The molecule has 3 aromatic rings. The maximum atomic E-state index is 12.7. The first-order valence-electron chi connectivity index (χ1n) is 11.8. The van der Waals surface area contributed by atoms with Crippen LogP contribution in [0.3, 0.4) is 0 Å². The molecule has 35 heavy (non-hydrogen) atoms. The molecule has 0 spiro atoms. The minimum Gasteiger partial charge on any atom is -0.492 e. The van der Waals surface area contributed by atoms with Gasteiger partial charge in [0.2, 0.25) is 10.0 Å². The summed E-state index contributed by atoms with van der Waals surface area (Å²) >= 11 is 3.47. The number of amides is 1. The number of benzene rings is 3. The Morgan fingerprint density at radius 2 is 1.69 bits per heavy atom. The molecule has 2 N–H and O–H groups in total. The summed E-state index contributed by atoms with van der Waals surface area (Å²) in [5.74, 6) is 0.407. The minimum atomic E-state index is -3.63. The molecule has 0 atom stereocenters. The van der Waals surface area contributed by atoms with Crippen LogP contribution in [0.2, 0.25) is 0 Å². The van der Waals surface area contributed by atoms with E-state index in [2.05, 4.69) is 32.9 Å². The number of halogens is 1. The van der Waals surface area contributed by atoms with E-state index in [4.69, 9.17) is 4.74 Å². The van der Waals surface area contributed by atoms with E-state index in [-0.39, 0.29) is 10.8 Å². The normalized spacial score (nSPS) is 11.3. The number of rotatable bonds is 13. The van der Waals surface area contributed by atoms with E-state index >= 15 is 0 Å². The van der Waals surface area contributed by atoms with Crippen molar-refractivity contribution in [2.75, 3.05) is 18.5 Å². The van der Waals surface area contributed by atoms with Crippen LogP contribution in [0.25, 0.3) is 0 Å². The van der Waals surface area contributed by atoms with Crippen LogP contribution in [-0.2, 0) is 16.4 Å². The molecule has 0 radical (unpaired) electrons. The third kappa shape index (κ3) is 8.49. The van der Waals surface area contributed by atoms with Crippen LogP contribution in [0.1, 0.15) is 48.5 Å². The number of sulfonamides is 1. The Kier molecular flexibility index (Phi) is 10.3. The van der Waals surface area contributed by atoms with Crippen molar-refractivity contribution in [2.45, 2.75) is 43.9 Å². The lowest BCUT2D eigenvalue weighted by molar-refractivity contribution is 0.102. The Bertz CT molecular complexity index is 1200. The van der Waals surface area contributed by atoms with Crippen molar-refractivity contribution < 1.29 is 17.9 Å². The van der Waals surface area contributed by atoms with E-state index < -0.39 is 10.0 Å². The van der Waals surface area contributed by atoms with Gasteiger partial charge >= 0.3 is 0 Å². The fourth-order valence-corrected chi connectivity index (χ4v) is 4.97. The molecule has 0 unspecified atom stereocenters. The van der Waals surface area contributed by atoms with Crippen molar-refractivity contribution in [2.24, 2.45) is 0 Å². The number of hydrogen-bond donors (Lipinski definition) is 2. The molecular formula is C27H31BrN2O4S. The van der Waals surface area contributed by atoms with Crippen molar-refractivity contribution in [3.8, 4) is 5.75 Å². The van der Waals surface area contributed by atoms with Gasteiger partial charge in [0.25, 0.3) is 5.91 Å². The van der Waals surface area contributed by atoms with Crippen molar-refractivity contribution in [1.82, 2.24) is 4.72 Å². The maximum absolute atomic E-state index is 12.7. The molecule has 0 aliphatic carbocycles. The van der Waals surface area contributed by atoms with Gasteiger partial charge in [0.05, 0.1) is 16.0 Å². The fraction of sp³-hybridized carbons (Fsp3) is 0.296. The molecule has 0 heterocycles. The monoisotopic (exact) mass is 558 g/mol. The molecule has 186 valence electrons. The van der Waals surface area contributed by atoms with Crippen LogP contribution < -0.4 is 14.8 Å². The zero-order valence-corrected chi connectivity index (χ0v) is 22.2. The molecular weight excluding hydrogens is 528 g/mol. The van der Waals surface area contributed by atoms with Gasteiger partial charge in [-0.05, 0) is 76.8 Å². The number of carbonyl (C=O) groups excluding carboxylic acids is 1. The standard InChI is InChI=1S/C27H31BrN2O4S/c1-2-3-4-8-19-34-26-16-11-22(20-25(26)28)27(31)30-23-12-14-24(15-13-23)35(32,33)29-18-17-21-9-6-5-7-10-21/h5-7,9-16,20,29H,2-4,8,17-19H2,1H3,(H,30,31). The lowest BCUT2D eigenvalue weighted by Gasteiger charge is -2.11. The van der Waals surface area contributed by atoms with Crippen LogP contribution in [-0.4, -0.2) is 27.5 Å². The number of unbranched alkanes of at least 4 members (excludes halogenated alkanes) is 3. The highest BCUT2D eigenvalue weighted by molar-refractivity contribution is 9.10. The zero-order valence-electron chi connectivity index (χ0n) is 19.8. The number of carbonyl (C=O) groups is 1. The summed E-state index contributed by atoms with van der Waals surface area (Å²) in [6.45, 7) is 3.11. The SMILES string of the molecule is CCCCCCOc1ccc(C(=O)Nc2ccc(S(=O)(=O)NCCc3ccccc3)cc2)cc1Br. The van der Waals surface area contributed by atoms with Crippen LogP contribution in [0.4, 0.5) is 5.69 Å². The molecule has 0 saturated heterocycles. The predicted molar refractivity (Wildman–Crippen MR) is 144 cm³/mol. The number of nitrogens with one attached hydrogen (secondary N) is 2. The smallest absolute Gasteiger partial charge is 0.255 e. The van der Waals surface area contributed by atoms with Gasteiger partial charge in [0, 0.05) is 17.8 Å². The van der Waals surface area contributed by atoms with Gasteiger partial charge in [-0.25, -0.2) is 13.1 Å². The molecule has 0 saturated carbocycles. The van der Waals surface area contributed by atoms with Gasteiger partial charge in [0.15, 0.2) is 0 Å². The second kappa shape index (κ2) is 13.4. The van der Waals surface area contributed by atoms with Crippen molar-refractivity contribution in [3.63, 3.8) is 0 Å². The van der Waals surface area contributed by atoms with E-state index in [1.165, 1.54) is 25.0 Å². The second-order valence-corrected chi connectivity index (χ2v) is 10.8. The van der Waals surface area contributed by atoms with Crippen LogP contribution >= 0.6 is 15.9 Å². The Morgan fingerprint density at radius 3 is 2.37 bits per heavy atom. The highest BCUT2D eigenvalue weighted by Crippen LogP contribution is 2.27. The fourth-order valence-electron chi connectivity index (χ4n) is 3.45. The van der Waals surface area contributed by atoms with E-state index in [1.54, 1.807) is 30.3 Å². The molecule has 3 rings (SSSR count). The Balaban J connectivity index is 1.53. The van der Waals surface area contributed by atoms with Gasteiger partial charge in [-0.3, -0.25) is 4.79 Å². The van der Waals surface area contributed by atoms with Gasteiger partial charge in [0.1, 0.15) is 5.75 Å². The molecule has 6 nitrogen and oxygen atoms in total. The lowest BCUT2D eigenvalue weighted by atomic mass is 10.2. The van der Waals surface area contributed by atoms with E-state index in [0.717, 1.165) is 18.4 Å². The predicted octanol–water partition coefficient (Wildman–Crippen LogP) is 6.18. The summed E-state index contributed by atoms with van der Waals surface area (Å²) < 4.78 is 34.2. The summed E-state index contributed by atoms with van der Waals surface area (Å²) in [5.41, 5.74) is 2.03. The molecule has 0 aliphatic heterocycles. The first kappa shape index (κ1) is 26.9. The number of anilines is 1. The zero-order chi connectivity index (χ0) is 25.1. The largest absolute Gasteiger partial charge is 0.492 e. The highest BCUT2D eigenvalue weighted by Gasteiger charge is 2.14. The van der Waals surface area contributed by atoms with Crippen LogP contribution in [0.5, 0.6) is 5.75 Å². The molecule has 3 aromatic carbocycles. The van der Waals surface area contributed by atoms with Gasteiger partial charge < -0.3 is 10.1 Å². The van der Waals surface area contributed by atoms with Gasteiger partial charge in [-0.15, -0.1) is 0 Å². The van der Waals surface area contributed by atoms with Crippen molar-refractivity contribution in [1.29, 1.82) is 0 Å². The third-order valence-electron chi connectivity index (χ3n) is 5.42. The lowest BCUT2D eigenvalue weighted by Crippen LogP contribution is -2.26. The van der Waals surface area contributed by atoms with Gasteiger partial charge in [-0.2, -0.15) is 0 Å². The first-order chi connectivity index (χ1) is 16.9. The second-order valence-electron chi connectivity index (χ2n) is 8.17. The minimum absolute atomic E-state index is 0.145. The van der Waals surface area contributed by atoms with Crippen LogP contribution in [0, 0.1) is 0 Å². The van der Waals surface area contributed by atoms with Crippen molar-refractivity contribution in [3.05, 3.63) is 88.4 Å². The quantitative estimate of drug-likeness (QED) is 0.245. The summed E-state index contributed by atoms with van der Waals surface area (Å²) in [4.78, 5) is 12.8. The molecule has 0 aliphatic rings. The Morgan fingerprint density at radius 1 is 0.943 bits per heavy atom. The highest BCUT2D eigenvalue weighted by atomic mass is 79.9. The topological polar surface area (TPSA) is 84.5 Å². The summed E-state index contributed by atoms with van der Waals surface area (Å²) in [6, 6.07) is 21.0. The summed E-state index contributed by atoms with van der Waals surface area (Å²) in [5, 5.41) is 2.80. The van der Waals surface area contributed by atoms with Gasteiger partial charge in [-0.1, -0.05) is 56.5 Å². The molecule has 0 fully saturated rings. The average Bonchev–Trinajstić information content (AvgIpc) is 2.85. The van der Waals surface area contributed by atoms with E-state index in [1.807, 2.05) is 30.3 Å². The third-order valence-corrected chi connectivity index (χ3v) is 7.52. The van der Waals surface area contributed by atoms with Crippen molar-refractivity contribution >= 4 is 37.5 Å².